The molecule has 0 aliphatic carbocycles. The number of fused-ring (bicyclic) bond motifs is 2. The molecule has 2 saturated heterocycles. The van der Waals surface area contributed by atoms with Crippen LogP contribution >= 0.6 is 0 Å². The van der Waals surface area contributed by atoms with Gasteiger partial charge in [0.2, 0.25) is 17.7 Å². The summed E-state index contributed by atoms with van der Waals surface area (Å²) in [5.74, 6) is -1.74. The molecule has 0 radical (unpaired) electrons. The summed E-state index contributed by atoms with van der Waals surface area (Å²) >= 11 is 0. The largest absolute Gasteiger partial charge is 0.396 e. The van der Waals surface area contributed by atoms with E-state index in [0.29, 0.717) is 32.6 Å². The van der Waals surface area contributed by atoms with E-state index in [9.17, 15) is 14.4 Å². The lowest BCUT2D eigenvalue weighted by Gasteiger charge is -2.41. The summed E-state index contributed by atoms with van der Waals surface area (Å²) in [6.45, 7) is 12.2. The Hall–Kier alpha value is -2.19. The van der Waals surface area contributed by atoms with Gasteiger partial charge < -0.3 is 24.5 Å². The van der Waals surface area contributed by atoms with Crippen LogP contribution in [0.3, 0.4) is 0 Å². The molecule has 4 rings (SSSR count). The molecule has 5 atom stereocenters. The van der Waals surface area contributed by atoms with Crippen molar-refractivity contribution in [3.63, 3.8) is 0 Å². The number of carbonyl (C=O) groups is 3. The van der Waals surface area contributed by atoms with Gasteiger partial charge in [0.15, 0.2) is 0 Å². The molecule has 0 aromatic carbocycles. The molecule has 2 fully saturated rings. The maximum atomic E-state index is 14.3. The summed E-state index contributed by atoms with van der Waals surface area (Å²) in [6.07, 6.45) is 12.4. The summed E-state index contributed by atoms with van der Waals surface area (Å²) in [5.41, 5.74) is -2.54. The topological polar surface area (TPSA) is 90.4 Å². The molecule has 0 aromatic rings. The van der Waals surface area contributed by atoms with Crippen molar-refractivity contribution in [2.45, 2.75) is 95.9 Å². The van der Waals surface area contributed by atoms with Gasteiger partial charge in [-0.25, -0.2) is 0 Å². The minimum absolute atomic E-state index is 0.0507. The smallest absolute Gasteiger partial charge is 0.249 e. The standard InChI is InChI=1S/C29H45N3O5/c1-6-16-30-17-12-14-28(7-2)21(24(30)34)22-25(35)31(18-10-8-9-11-20-33)23-26(36)32(27(3,4)5)19-13-15-29(22,23)37-28/h12-15,21-23,33H,6-11,16-20H2,1-5H3/t21-,22+,23?,28+,29+/m1/s1. The Labute approximate surface area is 221 Å². The van der Waals surface area contributed by atoms with Crippen molar-refractivity contribution in [3.8, 4) is 0 Å². The highest BCUT2D eigenvalue weighted by atomic mass is 16.5. The third-order valence-corrected chi connectivity index (χ3v) is 8.63. The van der Waals surface area contributed by atoms with Crippen LogP contribution in [0.15, 0.2) is 24.3 Å². The van der Waals surface area contributed by atoms with Gasteiger partial charge in [0.05, 0.1) is 17.4 Å². The molecule has 4 heterocycles. The number of hydrogen-bond acceptors (Lipinski definition) is 5. The zero-order valence-electron chi connectivity index (χ0n) is 23.2. The Bertz CT molecular complexity index is 956. The van der Waals surface area contributed by atoms with Gasteiger partial charge in [0.1, 0.15) is 11.6 Å². The van der Waals surface area contributed by atoms with E-state index in [2.05, 4.69) is 0 Å². The molecule has 4 aliphatic rings. The van der Waals surface area contributed by atoms with E-state index < -0.39 is 34.6 Å². The molecule has 0 aromatic heterocycles. The van der Waals surface area contributed by atoms with Crippen molar-refractivity contribution in [1.82, 2.24) is 14.7 Å². The van der Waals surface area contributed by atoms with Gasteiger partial charge in [-0.3, -0.25) is 14.4 Å². The molecule has 0 bridgehead atoms. The van der Waals surface area contributed by atoms with E-state index in [1.54, 1.807) is 4.90 Å². The van der Waals surface area contributed by atoms with E-state index in [-0.39, 0.29) is 24.3 Å². The molecule has 1 N–H and O–H groups in total. The zero-order chi connectivity index (χ0) is 27.0. The third-order valence-electron chi connectivity index (χ3n) is 8.63. The number of carbonyl (C=O) groups excluding carboxylic acids is 3. The number of rotatable bonds is 9. The van der Waals surface area contributed by atoms with E-state index in [1.165, 1.54) is 0 Å². The summed E-state index contributed by atoms with van der Waals surface area (Å²) < 4.78 is 6.99. The molecular weight excluding hydrogens is 470 g/mol. The number of nitrogens with zero attached hydrogens (tertiary/aromatic N) is 3. The first-order valence-corrected chi connectivity index (χ1v) is 14.1. The van der Waals surface area contributed by atoms with E-state index in [1.807, 2.05) is 68.7 Å². The van der Waals surface area contributed by atoms with E-state index in [4.69, 9.17) is 9.84 Å². The fraction of sp³-hybridized carbons (Fsp3) is 0.759. The highest BCUT2D eigenvalue weighted by Gasteiger charge is 2.75. The van der Waals surface area contributed by atoms with Crippen LogP contribution in [0, 0.1) is 11.8 Å². The van der Waals surface area contributed by atoms with Crippen LogP contribution in [-0.2, 0) is 19.1 Å². The first kappa shape index (κ1) is 27.8. The van der Waals surface area contributed by atoms with Crippen LogP contribution < -0.4 is 0 Å². The van der Waals surface area contributed by atoms with Crippen molar-refractivity contribution in [2.24, 2.45) is 11.8 Å². The Kier molecular flexibility index (Phi) is 7.92. The lowest BCUT2D eigenvalue weighted by Crippen LogP contribution is -2.59. The number of aliphatic hydroxyl groups excluding tert-OH is 1. The van der Waals surface area contributed by atoms with Crippen LogP contribution in [0.4, 0.5) is 0 Å². The normalized spacial score (nSPS) is 33.5. The predicted octanol–water partition coefficient (Wildman–Crippen LogP) is 2.91. The number of hydrogen-bond donors (Lipinski definition) is 1. The van der Waals surface area contributed by atoms with Gasteiger partial charge in [-0.2, -0.15) is 0 Å². The third kappa shape index (κ3) is 4.54. The Morgan fingerprint density at radius 2 is 1.62 bits per heavy atom. The number of aliphatic hydroxyl groups is 1. The summed E-state index contributed by atoms with van der Waals surface area (Å²) in [5, 5.41) is 9.14. The molecule has 1 unspecified atom stereocenters. The molecule has 37 heavy (non-hydrogen) atoms. The van der Waals surface area contributed by atoms with Gasteiger partial charge in [-0.15, -0.1) is 0 Å². The lowest BCUT2D eigenvalue weighted by atomic mass is 9.73. The van der Waals surface area contributed by atoms with Crippen molar-refractivity contribution in [2.75, 3.05) is 32.8 Å². The quantitative estimate of drug-likeness (QED) is 0.377. The number of likely N-dealkylation sites (tertiary alicyclic amines) is 1. The van der Waals surface area contributed by atoms with Crippen LogP contribution in [0.1, 0.15) is 73.1 Å². The molecule has 1 spiro atoms. The van der Waals surface area contributed by atoms with E-state index >= 15 is 0 Å². The highest BCUT2D eigenvalue weighted by Crippen LogP contribution is 2.58. The second-order valence-electron chi connectivity index (χ2n) is 12.0. The molecule has 4 aliphatic heterocycles. The van der Waals surface area contributed by atoms with Crippen LogP contribution in [0.25, 0.3) is 0 Å². The van der Waals surface area contributed by atoms with Gasteiger partial charge in [0, 0.05) is 38.3 Å². The zero-order valence-corrected chi connectivity index (χ0v) is 23.2. The van der Waals surface area contributed by atoms with Crippen molar-refractivity contribution >= 4 is 17.7 Å². The van der Waals surface area contributed by atoms with Crippen molar-refractivity contribution in [3.05, 3.63) is 24.3 Å². The molecular formula is C29H45N3O5. The van der Waals surface area contributed by atoms with Gasteiger partial charge >= 0.3 is 0 Å². The Morgan fingerprint density at radius 1 is 0.919 bits per heavy atom. The van der Waals surface area contributed by atoms with Gasteiger partial charge in [-0.1, -0.05) is 51.0 Å². The monoisotopic (exact) mass is 515 g/mol. The first-order valence-electron chi connectivity index (χ1n) is 14.1. The summed E-state index contributed by atoms with van der Waals surface area (Å²) in [7, 11) is 0. The average molecular weight is 516 g/mol. The molecule has 0 saturated carbocycles. The summed E-state index contributed by atoms with van der Waals surface area (Å²) in [4.78, 5) is 48.0. The first-order chi connectivity index (χ1) is 17.6. The molecule has 8 heteroatoms. The van der Waals surface area contributed by atoms with Crippen molar-refractivity contribution in [1.29, 1.82) is 0 Å². The SMILES string of the molecule is CCCN1CC=C[C@]2(CC)O[C@]34C=CCN(C(C)(C)C)C(=O)C3N(CCCCCCO)C(=O)[C@@H]4[C@@H]2C1=O. The number of amides is 3. The van der Waals surface area contributed by atoms with Crippen LogP contribution in [-0.4, -0.2) is 93.1 Å². The summed E-state index contributed by atoms with van der Waals surface area (Å²) in [6, 6.07) is -0.808. The molecule has 8 nitrogen and oxygen atoms in total. The minimum Gasteiger partial charge on any atom is -0.396 e. The number of ether oxygens (including phenoxy) is 1. The maximum Gasteiger partial charge on any atom is 0.249 e. The Morgan fingerprint density at radius 3 is 2.27 bits per heavy atom. The van der Waals surface area contributed by atoms with E-state index in [0.717, 1.165) is 32.1 Å². The minimum atomic E-state index is -1.19. The fourth-order valence-corrected chi connectivity index (χ4v) is 6.87. The van der Waals surface area contributed by atoms with Gasteiger partial charge in [-0.05, 0) is 46.5 Å². The number of unbranched alkanes of at least 4 members (excludes halogenated alkanes) is 3. The second-order valence-corrected chi connectivity index (χ2v) is 12.0. The highest BCUT2D eigenvalue weighted by molar-refractivity contribution is 6.00. The maximum absolute atomic E-state index is 14.3. The Balaban J connectivity index is 1.80. The second kappa shape index (κ2) is 10.5. The van der Waals surface area contributed by atoms with Crippen LogP contribution in [0.5, 0.6) is 0 Å². The average Bonchev–Trinajstić information content (AvgIpc) is 3.12. The van der Waals surface area contributed by atoms with Gasteiger partial charge in [0.25, 0.3) is 0 Å². The molecule has 206 valence electrons. The predicted molar refractivity (Wildman–Crippen MR) is 141 cm³/mol. The molecule has 3 amide bonds. The van der Waals surface area contributed by atoms with Crippen molar-refractivity contribution < 1.29 is 24.2 Å². The lowest BCUT2D eigenvalue weighted by molar-refractivity contribution is -0.156. The fourth-order valence-electron chi connectivity index (χ4n) is 6.87. The van der Waals surface area contributed by atoms with Crippen LogP contribution in [0.2, 0.25) is 0 Å².